The molecule has 7 heteroatoms. The molecule has 3 N–H and O–H groups in total. The number of carbonyl (C=O) groups is 2. The van der Waals surface area contributed by atoms with E-state index in [4.69, 9.17) is 5.73 Å². The Morgan fingerprint density at radius 2 is 1.54 bits per heavy atom. The number of amides is 2. The van der Waals surface area contributed by atoms with Crippen LogP contribution in [-0.2, 0) is 9.59 Å². The number of β-amino-alcohol motifs (C(OH)–C–C–N with tert-alkyl or cyclic N) is 1. The molecule has 28 heavy (non-hydrogen) atoms. The summed E-state index contributed by atoms with van der Waals surface area (Å²) in [6, 6.07) is 11.0. The number of nitrogens with zero attached hydrogens (tertiary/aromatic N) is 2. The predicted molar refractivity (Wildman–Crippen MR) is 106 cm³/mol. The molecule has 2 amide bonds. The Hall–Kier alpha value is -2.77. The summed E-state index contributed by atoms with van der Waals surface area (Å²) in [7, 11) is 0. The van der Waals surface area contributed by atoms with Gasteiger partial charge in [0.1, 0.15) is 5.82 Å². The van der Waals surface area contributed by atoms with Gasteiger partial charge >= 0.3 is 0 Å². The number of halogens is 1. The van der Waals surface area contributed by atoms with Gasteiger partial charge in [-0.15, -0.1) is 0 Å². The average molecular weight is 385 g/mol. The van der Waals surface area contributed by atoms with E-state index in [0.29, 0.717) is 11.4 Å². The highest BCUT2D eigenvalue weighted by atomic mass is 19.1. The monoisotopic (exact) mass is 385 g/mol. The highest BCUT2D eigenvalue weighted by Gasteiger charge is 2.41. The van der Waals surface area contributed by atoms with Gasteiger partial charge in [-0.2, -0.15) is 0 Å². The van der Waals surface area contributed by atoms with Crippen LogP contribution in [0.3, 0.4) is 0 Å². The van der Waals surface area contributed by atoms with Crippen molar-refractivity contribution < 1.29 is 19.1 Å². The summed E-state index contributed by atoms with van der Waals surface area (Å²) < 4.78 is 14.5. The van der Waals surface area contributed by atoms with Crippen molar-refractivity contribution in [3.8, 4) is 0 Å². The van der Waals surface area contributed by atoms with Gasteiger partial charge in [0, 0.05) is 0 Å². The third kappa shape index (κ3) is 3.50. The number of benzene rings is 2. The summed E-state index contributed by atoms with van der Waals surface area (Å²) in [5, 5.41) is 10.6. The minimum Gasteiger partial charge on any atom is -0.391 e. The first-order valence-corrected chi connectivity index (χ1v) is 9.05. The fraction of sp³-hybridized carbons (Fsp3) is 0.333. The number of carbonyl (C=O) groups excluding carboxylic acids is 2. The molecule has 2 atom stereocenters. The first-order chi connectivity index (χ1) is 13.1. The number of nitrogens with two attached hydrogens (primary N) is 1. The van der Waals surface area contributed by atoms with Crippen molar-refractivity contribution in [1.29, 1.82) is 0 Å². The van der Waals surface area contributed by atoms with Crippen LogP contribution in [0.1, 0.15) is 20.8 Å². The number of para-hydroxylation sites is 3. The van der Waals surface area contributed by atoms with Crippen molar-refractivity contribution in [2.24, 2.45) is 11.1 Å². The molecule has 0 bridgehead atoms. The zero-order chi connectivity index (χ0) is 20.6. The average Bonchev–Trinajstić information content (AvgIpc) is 2.72. The van der Waals surface area contributed by atoms with Crippen LogP contribution < -0.4 is 15.5 Å². The van der Waals surface area contributed by atoms with E-state index in [0.717, 1.165) is 4.90 Å². The van der Waals surface area contributed by atoms with Gasteiger partial charge < -0.3 is 15.7 Å². The standard InChI is InChI=1S/C21H24FN3O3/c1-21(2,3)17(26)12-24-15-10-6-7-11-16(15)25(20(28)18(23)19(24)27)14-9-5-4-8-13(14)22/h4-11,17-18,26H,12,23H2,1-3H3. The Bertz CT molecular complexity index is 910. The van der Waals surface area contributed by atoms with E-state index in [1.165, 1.54) is 23.1 Å². The molecule has 148 valence electrons. The maximum atomic E-state index is 14.5. The minimum absolute atomic E-state index is 0.0152. The summed E-state index contributed by atoms with van der Waals surface area (Å²) >= 11 is 0. The second kappa shape index (κ2) is 7.33. The van der Waals surface area contributed by atoms with Crippen LogP contribution in [0, 0.1) is 11.2 Å². The van der Waals surface area contributed by atoms with E-state index in [1.54, 1.807) is 30.3 Å². The number of hydrogen-bond acceptors (Lipinski definition) is 4. The third-order valence-electron chi connectivity index (χ3n) is 4.88. The van der Waals surface area contributed by atoms with Crippen LogP contribution in [0.2, 0.25) is 0 Å². The fourth-order valence-electron chi connectivity index (χ4n) is 3.05. The second-order valence-corrected chi connectivity index (χ2v) is 7.92. The molecule has 1 aliphatic heterocycles. The van der Waals surface area contributed by atoms with Crippen LogP contribution in [0.5, 0.6) is 0 Å². The van der Waals surface area contributed by atoms with E-state index in [9.17, 15) is 19.1 Å². The van der Waals surface area contributed by atoms with Crippen molar-refractivity contribution in [1.82, 2.24) is 0 Å². The maximum Gasteiger partial charge on any atom is 0.258 e. The Morgan fingerprint density at radius 3 is 2.11 bits per heavy atom. The van der Waals surface area contributed by atoms with Crippen molar-refractivity contribution in [2.75, 3.05) is 16.3 Å². The molecular formula is C21H24FN3O3. The number of anilines is 3. The highest BCUT2D eigenvalue weighted by Crippen LogP contribution is 2.39. The Kier molecular flexibility index (Phi) is 5.23. The summed E-state index contributed by atoms with van der Waals surface area (Å²) in [5.74, 6) is -1.97. The number of rotatable bonds is 3. The summed E-state index contributed by atoms with van der Waals surface area (Å²) in [5.41, 5.74) is 6.22. The van der Waals surface area contributed by atoms with Crippen LogP contribution in [0.15, 0.2) is 48.5 Å². The summed E-state index contributed by atoms with van der Waals surface area (Å²) in [6.07, 6.45) is -0.855. The molecular weight excluding hydrogens is 361 g/mol. The Balaban J connectivity index is 2.17. The molecule has 2 aromatic rings. The predicted octanol–water partition coefficient (Wildman–Crippen LogP) is 2.57. The number of aliphatic hydroxyl groups is 1. The van der Waals surface area contributed by atoms with Crippen LogP contribution in [0.25, 0.3) is 0 Å². The molecule has 0 aromatic heterocycles. The third-order valence-corrected chi connectivity index (χ3v) is 4.88. The fourth-order valence-corrected chi connectivity index (χ4v) is 3.05. The highest BCUT2D eigenvalue weighted by molar-refractivity contribution is 6.22. The van der Waals surface area contributed by atoms with Crippen LogP contribution in [-0.4, -0.2) is 35.6 Å². The lowest BCUT2D eigenvalue weighted by molar-refractivity contribution is -0.128. The Morgan fingerprint density at radius 1 is 1.00 bits per heavy atom. The van der Waals surface area contributed by atoms with Crippen molar-refractivity contribution in [3.63, 3.8) is 0 Å². The van der Waals surface area contributed by atoms with E-state index in [-0.39, 0.29) is 12.2 Å². The lowest BCUT2D eigenvalue weighted by atomic mass is 9.88. The van der Waals surface area contributed by atoms with Gasteiger partial charge in [-0.05, 0) is 29.7 Å². The van der Waals surface area contributed by atoms with Crippen molar-refractivity contribution in [2.45, 2.75) is 32.9 Å². The van der Waals surface area contributed by atoms with E-state index in [2.05, 4.69) is 0 Å². The van der Waals surface area contributed by atoms with Gasteiger partial charge in [0.2, 0.25) is 0 Å². The second-order valence-electron chi connectivity index (χ2n) is 7.92. The maximum absolute atomic E-state index is 14.5. The van der Waals surface area contributed by atoms with E-state index in [1.807, 2.05) is 20.8 Å². The van der Waals surface area contributed by atoms with Crippen molar-refractivity contribution in [3.05, 3.63) is 54.3 Å². The minimum atomic E-state index is -1.51. The molecule has 0 fully saturated rings. The molecule has 2 unspecified atom stereocenters. The molecule has 0 saturated carbocycles. The SMILES string of the molecule is CC(C)(C)C(O)CN1C(=O)C(N)C(=O)N(c2ccccc2F)c2ccccc21. The van der Waals surface area contributed by atoms with Crippen LogP contribution in [0.4, 0.5) is 21.5 Å². The lowest BCUT2D eigenvalue weighted by Gasteiger charge is -2.32. The first-order valence-electron chi connectivity index (χ1n) is 9.05. The van der Waals surface area contributed by atoms with Gasteiger partial charge in [0.15, 0.2) is 6.04 Å². The van der Waals surface area contributed by atoms with Gasteiger partial charge in [0.05, 0.1) is 29.7 Å². The molecule has 1 heterocycles. The molecule has 0 spiro atoms. The smallest absolute Gasteiger partial charge is 0.258 e. The Labute approximate surface area is 163 Å². The molecule has 0 saturated heterocycles. The summed E-state index contributed by atoms with van der Waals surface area (Å²) in [6.45, 7) is 5.51. The number of hydrogen-bond donors (Lipinski definition) is 2. The zero-order valence-electron chi connectivity index (χ0n) is 16.1. The molecule has 6 nitrogen and oxygen atoms in total. The van der Waals surface area contributed by atoms with Gasteiger partial charge in [-0.25, -0.2) is 4.39 Å². The van der Waals surface area contributed by atoms with Crippen molar-refractivity contribution >= 4 is 28.9 Å². The molecule has 0 radical (unpaired) electrons. The summed E-state index contributed by atoms with van der Waals surface area (Å²) in [4.78, 5) is 28.5. The molecule has 1 aliphatic rings. The molecule has 3 rings (SSSR count). The topological polar surface area (TPSA) is 86.9 Å². The van der Waals surface area contributed by atoms with E-state index < -0.39 is 35.2 Å². The van der Waals surface area contributed by atoms with Gasteiger partial charge in [-0.1, -0.05) is 45.0 Å². The quantitative estimate of drug-likeness (QED) is 0.795. The normalized spacial score (nSPS) is 18.7. The number of fused-ring (bicyclic) bond motifs is 1. The molecule has 0 aliphatic carbocycles. The van der Waals surface area contributed by atoms with Crippen LogP contribution >= 0.6 is 0 Å². The lowest BCUT2D eigenvalue weighted by Crippen LogP contribution is -2.52. The van der Waals surface area contributed by atoms with Gasteiger partial charge in [0.25, 0.3) is 11.8 Å². The largest absolute Gasteiger partial charge is 0.391 e. The van der Waals surface area contributed by atoms with Gasteiger partial charge in [-0.3, -0.25) is 14.5 Å². The number of aliphatic hydroxyl groups excluding tert-OH is 1. The molecule has 2 aromatic carbocycles. The first kappa shape index (κ1) is 20.0. The van der Waals surface area contributed by atoms with E-state index >= 15 is 0 Å². The zero-order valence-corrected chi connectivity index (χ0v) is 16.1.